The molecule has 3 rings (SSSR count). The topological polar surface area (TPSA) is 65.4 Å². The molecular formula is C20H21N3O3. The van der Waals surface area contributed by atoms with Gasteiger partial charge in [-0.25, -0.2) is 0 Å². The maximum Gasteiger partial charge on any atom is 0.255 e. The number of carbonyl (C=O) groups is 1. The van der Waals surface area contributed by atoms with Crippen molar-refractivity contribution in [2.24, 2.45) is 7.05 Å². The van der Waals surface area contributed by atoms with Gasteiger partial charge in [-0.2, -0.15) is 5.10 Å². The van der Waals surface area contributed by atoms with Crippen molar-refractivity contribution in [3.05, 3.63) is 66.4 Å². The summed E-state index contributed by atoms with van der Waals surface area (Å²) >= 11 is 0. The van der Waals surface area contributed by atoms with Crippen molar-refractivity contribution >= 4 is 11.6 Å². The highest BCUT2D eigenvalue weighted by Crippen LogP contribution is 2.32. The van der Waals surface area contributed by atoms with Crippen LogP contribution < -0.4 is 10.1 Å². The number of aromatic nitrogens is 2. The molecule has 0 saturated heterocycles. The van der Waals surface area contributed by atoms with Gasteiger partial charge in [0.05, 0.1) is 12.3 Å². The standard InChI is InChI=1S/C20H21N3O3/c1-23-18(10-11-21-23)17-14-16(8-9-19(17)26-13-12-25-2)22-20(24)15-6-4-3-5-7-15/h3-11,14H,12-13H2,1-2H3,(H,22,24). The molecule has 0 atom stereocenters. The Labute approximate surface area is 152 Å². The second kappa shape index (κ2) is 8.31. The number of rotatable bonds is 7. The van der Waals surface area contributed by atoms with E-state index in [9.17, 15) is 4.79 Å². The van der Waals surface area contributed by atoms with Gasteiger partial charge in [0.25, 0.3) is 5.91 Å². The van der Waals surface area contributed by atoms with Crippen LogP contribution in [-0.2, 0) is 11.8 Å². The summed E-state index contributed by atoms with van der Waals surface area (Å²) in [7, 11) is 3.50. The Balaban J connectivity index is 1.88. The lowest BCUT2D eigenvalue weighted by Gasteiger charge is -2.14. The molecule has 0 bridgehead atoms. The number of aryl methyl sites for hydroxylation is 1. The minimum atomic E-state index is -0.158. The van der Waals surface area contributed by atoms with E-state index in [1.807, 2.05) is 49.5 Å². The molecule has 0 unspecified atom stereocenters. The SMILES string of the molecule is COCCOc1ccc(NC(=O)c2ccccc2)cc1-c1ccnn1C. The van der Waals surface area contributed by atoms with Gasteiger partial charge in [-0.1, -0.05) is 18.2 Å². The highest BCUT2D eigenvalue weighted by molar-refractivity contribution is 6.04. The van der Waals surface area contributed by atoms with E-state index in [0.717, 1.165) is 11.3 Å². The number of amides is 1. The zero-order chi connectivity index (χ0) is 18.4. The van der Waals surface area contributed by atoms with Crippen LogP contribution in [0.3, 0.4) is 0 Å². The van der Waals surface area contributed by atoms with Crippen LogP contribution in [0.5, 0.6) is 5.75 Å². The maximum absolute atomic E-state index is 12.4. The highest BCUT2D eigenvalue weighted by Gasteiger charge is 2.13. The first kappa shape index (κ1) is 17.7. The molecule has 0 aliphatic heterocycles. The molecule has 3 aromatic rings. The number of anilines is 1. The predicted octanol–water partition coefficient (Wildman–Crippen LogP) is 3.36. The minimum absolute atomic E-state index is 0.158. The Morgan fingerprint density at radius 1 is 1.12 bits per heavy atom. The lowest BCUT2D eigenvalue weighted by molar-refractivity contribution is 0.102. The molecule has 0 spiro atoms. The van der Waals surface area contributed by atoms with Crippen molar-refractivity contribution in [2.45, 2.75) is 0 Å². The van der Waals surface area contributed by atoms with Crippen LogP contribution in [0.1, 0.15) is 10.4 Å². The molecule has 0 fully saturated rings. The number of hydrogen-bond acceptors (Lipinski definition) is 4. The normalized spacial score (nSPS) is 10.5. The molecule has 1 heterocycles. The smallest absolute Gasteiger partial charge is 0.255 e. The summed E-state index contributed by atoms with van der Waals surface area (Å²) < 4.78 is 12.6. The van der Waals surface area contributed by atoms with Crippen LogP contribution >= 0.6 is 0 Å². The Morgan fingerprint density at radius 2 is 1.92 bits per heavy atom. The fourth-order valence-electron chi connectivity index (χ4n) is 2.60. The average Bonchev–Trinajstić information content (AvgIpc) is 3.09. The molecule has 0 saturated carbocycles. The Bertz CT molecular complexity index is 875. The molecule has 2 aromatic carbocycles. The number of nitrogens with zero attached hydrogens (tertiary/aromatic N) is 2. The first-order chi connectivity index (χ1) is 12.7. The number of ether oxygens (including phenoxy) is 2. The van der Waals surface area contributed by atoms with E-state index >= 15 is 0 Å². The second-order valence-electron chi connectivity index (χ2n) is 5.71. The molecule has 0 aliphatic carbocycles. The van der Waals surface area contributed by atoms with Gasteiger partial charge in [-0.05, 0) is 36.4 Å². The monoisotopic (exact) mass is 351 g/mol. The van der Waals surface area contributed by atoms with Crippen LogP contribution in [0.2, 0.25) is 0 Å². The van der Waals surface area contributed by atoms with Crippen LogP contribution in [-0.4, -0.2) is 36.0 Å². The van der Waals surface area contributed by atoms with Gasteiger partial charge in [0.15, 0.2) is 0 Å². The number of carbonyl (C=O) groups excluding carboxylic acids is 1. The fraction of sp³-hybridized carbons (Fsp3) is 0.200. The Kier molecular flexibility index (Phi) is 5.66. The van der Waals surface area contributed by atoms with Gasteiger partial charge >= 0.3 is 0 Å². The maximum atomic E-state index is 12.4. The van der Waals surface area contributed by atoms with E-state index in [1.165, 1.54) is 0 Å². The van der Waals surface area contributed by atoms with Crippen LogP contribution in [0.4, 0.5) is 5.69 Å². The zero-order valence-corrected chi connectivity index (χ0v) is 14.8. The van der Waals surface area contributed by atoms with E-state index in [1.54, 1.807) is 30.1 Å². The molecule has 1 N–H and O–H groups in total. The third kappa shape index (κ3) is 4.10. The highest BCUT2D eigenvalue weighted by atomic mass is 16.5. The molecule has 1 amide bonds. The first-order valence-corrected chi connectivity index (χ1v) is 8.29. The van der Waals surface area contributed by atoms with E-state index in [-0.39, 0.29) is 5.91 Å². The third-order valence-corrected chi connectivity index (χ3v) is 3.92. The van der Waals surface area contributed by atoms with Gasteiger partial charge in [-0.15, -0.1) is 0 Å². The fourth-order valence-corrected chi connectivity index (χ4v) is 2.60. The molecule has 1 aromatic heterocycles. The lowest BCUT2D eigenvalue weighted by atomic mass is 10.1. The second-order valence-corrected chi connectivity index (χ2v) is 5.71. The Hall–Kier alpha value is -3.12. The van der Waals surface area contributed by atoms with Gasteiger partial charge in [-0.3, -0.25) is 9.48 Å². The molecular weight excluding hydrogens is 330 g/mol. The zero-order valence-electron chi connectivity index (χ0n) is 14.8. The van der Waals surface area contributed by atoms with E-state index in [4.69, 9.17) is 9.47 Å². The van der Waals surface area contributed by atoms with Crippen molar-refractivity contribution in [3.63, 3.8) is 0 Å². The quantitative estimate of drug-likeness (QED) is 0.663. The summed E-state index contributed by atoms with van der Waals surface area (Å²) in [5.74, 6) is 0.554. The summed E-state index contributed by atoms with van der Waals surface area (Å²) in [5, 5.41) is 7.14. The first-order valence-electron chi connectivity index (χ1n) is 8.29. The van der Waals surface area contributed by atoms with E-state index in [2.05, 4.69) is 10.4 Å². The largest absolute Gasteiger partial charge is 0.490 e. The van der Waals surface area contributed by atoms with Crippen LogP contribution in [0, 0.1) is 0 Å². The van der Waals surface area contributed by atoms with Gasteiger partial charge in [0.2, 0.25) is 0 Å². The van der Waals surface area contributed by atoms with Crippen molar-refractivity contribution in [1.82, 2.24) is 9.78 Å². The van der Waals surface area contributed by atoms with Crippen molar-refractivity contribution in [3.8, 4) is 17.0 Å². The average molecular weight is 351 g/mol. The molecule has 134 valence electrons. The summed E-state index contributed by atoms with van der Waals surface area (Å²) in [6, 6.07) is 16.6. The molecule has 0 aliphatic rings. The number of benzene rings is 2. The van der Waals surface area contributed by atoms with Gasteiger partial charge in [0.1, 0.15) is 12.4 Å². The van der Waals surface area contributed by atoms with Crippen LogP contribution in [0.15, 0.2) is 60.8 Å². The molecule has 0 radical (unpaired) electrons. The molecule has 6 nitrogen and oxygen atoms in total. The minimum Gasteiger partial charge on any atom is -0.490 e. The number of nitrogens with one attached hydrogen (secondary N) is 1. The summed E-state index contributed by atoms with van der Waals surface area (Å²) in [5.41, 5.74) is 3.05. The predicted molar refractivity (Wildman–Crippen MR) is 100 cm³/mol. The van der Waals surface area contributed by atoms with E-state index in [0.29, 0.717) is 30.2 Å². The van der Waals surface area contributed by atoms with Crippen LogP contribution in [0.25, 0.3) is 11.3 Å². The number of methoxy groups -OCH3 is 1. The summed E-state index contributed by atoms with van der Waals surface area (Å²) in [4.78, 5) is 12.4. The third-order valence-electron chi connectivity index (χ3n) is 3.92. The summed E-state index contributed by atoms with van der Waals surface area (Å²) in [6.07, 6.45) is 1.73. The number of hydrogen-bond donors (Lipinski definition) is 1. The van der Waals surface area contributed by atoms with Crippen molar-refractivity contribution < 1.29 is 14.3 Å². The Morgan fingerprint density at radius 3 is 2.62 bits per heavy atom. The molecule has 26 heavy (non-hydrogen) atoms. The summed E-state index contributed by atoms with van der Waals surface area (Å²) in [6.45, 7) is 0.939. The molecule has 6 heteroatoms. The van der Waals surface area contributed by atoms with Crippen molar-refractivity contribution in [2.75, 3.05) is 25.6 Å². The van der Waals surface area contributed by atoms with Gasteiger partial charge in [0, 0.05) is 37.2 Å². The van der Waals surface area contributed by atoms with Crippen molar-refractivity contribution in [1.29, 1.82) is 0 Å². The van der Waals surface area contributed by atoms with E-state index < -0.39 is 0 Å². The van der Waals surface area contributed by atoms with Gasteiger partial charge < -0.3 is 14.8 Å². The lowest BCUT2D eigenvalue weighted by Crippen LogP contribution is -2.12.